The molecule has 0 bridgehead atoms. The molecule has 2 aromatic carbocycles. The molecule has 0 fully saturated rings. The fourth-order valence-electron chi connectivity index (χ4n) is 2.74. The largest absolute Gasteiger partial charge is 0.0938 e. The molecule has 1 heterocycles. The predicted molar refractivity (Wildman–Crippen MR) is 72.1 cm³/mol. The second kappa shape index (κ2) is 2.80. The fraction of sp³-hybridized carbons (Fsp3) is 0.0667. The maximum Gasteiger partial charge on any atom is 0.0239 e. The lowest BCUT2D eigenvalue weighted by molar-refractivity contribution is 1.42. The van der Waals surface area contributed by atoms with Crippen molar-refractivity contribution >= 4 is 33.0 Å². The smallest absolute Gasteiger partial charge is 0.0239 e. The Bertz CT molecular complexity index is 624. The topological polar surface area (TPSA) is 0 Å². The molecule has 1 heteroatoms. The molecule has 2 aromatic rings. The van der Waals surface area contributed by atoms with Gasteiger partial charge in [-0.2, -0.15) is 0 Å². The minimum Gasteiger partial charge on any atom is -0.0938 e. The highest BCUT2D eigenvalue weighted by molar-refractivity contribution is 8.12. The molecule has 0 aromatic heterocycles. The molecule has 4 rings (SSSR count). The maximum atomic E-state index is 4.09. The molecule has 0 saturated carbocycles. The molecule has 0 nitrogen and oxygen atoms in total. The van der Waals surface area contributed by atoms with Gasteiger partial charge in [-0.25, -0.2) is 0 Å². The first-order chi connectivity index (χ1) is 7.84. The number of fused-ring (bicyclic) bond motifs is 2. The van der Waals surface area contributed by atoms with E-state index < -0.39 is 0 Å². The van der Waals surface area contributed by atoms with Gasteiger partial charge in [0.1, 0.15) is 0 Å². The summed E-state index contributed by atoms with van der Waals surface area (Å²) in [7, 11) is 0. The second-order valence-electron chi connectivity index (χ2n) is 4.33. The van der Waals surface area contributed by atoms with Gasteiger partial charge in [-0.15, -0.1) is 0 Å². The highest BCUT2D eigenvalue weighted by Crippen LogP contribution is 2.56. The highest BCUT2D eigenvalue weighted by Gasteiger charge is 2.29. The summed E-state index contributed by atoms with van der Waals surface area (Å²) in [4.78, 5) is 2.72. The van der Waals surface area contributed by atoms with Gasteiger partial charge >= 0.3 is 0 Å². The number of allylic oxidation sites excluding steroid dienone is 2. The molecule has 0 N–H and O–H groups in total. The lowest BCUT2D eigenvalue weighted by Crippen LogP contribution is -1.82. The van der Waals surface area contributed by atoms with Crippen molar-refractivity contribution < 1.29 is 0 Å². The Morgan fingerprint density at radius 3 is 2.56 bits per heavy atom. The van der Waals surface area contributed by atoms with Crippen molar-refractivity contribution in [3.63, 3.8) is 0 Å². The number of hydrogen-bond donors (Lipinski definition) is 0. The molecule has 0 unspecified atom stereocenters. The molecular weight excluding hydrogens is 212 g/mol. The average Bonchev–Trinajstić information content (AvgIpc) is 2.80. The Morgan fingerprint density at radius 2 is 1.75 bits per heavy atom. The summed E-state index contributed by atoms with van der Waals surface area (Å²) in [5.41, 5.74) is 4.32. The fourth-order valence-corrected chi connectivity index (χ4v) is 3.83. The molecule has 0 radical (unpaired) electrons. The van der Waals surface area contributed by atoms with Crippen LogP contribution in [0.3, 0.4) is 0 Å². The Kier molecular flexibility index (Phi) is 1.52. The van der Waals surface area contributed by atoms with E-state index in [9.17, 15) is 0 Å². The summed E-state index contributed by atoms with van der Waals surface area (Å²) in [6, 6.07) is 13.2. The Labute approximate surface area is 98.7 Å². The van der Waals surface area contributed by atoms with E-state index in [1.807, 2.05) is 11.8 Å². The van der Waals surface area contributed by atoms with Gasteiger partial charge < -0.3 is 0 Å². The molecule has 0 amide bonds. The van der Waals surface area contributed by atoms with Crippen LogP contribution in [-0.2, 0) is 0 Å². The summed E-state index contributed by atoms with van der Waals surface area (Å²) >= 11 is 1.85. The minimum absolute atomic E-state index is 1.04. The van der Waals surface area contributed by atoms with Gasteiger partial charge in [0.05, 0.1) is 0 Å². The molecule has 1 aliphatic heterocycles. The van der Waals surface area contributed by atoms with E-state index in [1.165, 1.54) is 37.3 Å². The minimum atomic E-state index is 1.04. The first-order valence-electron chi connectivity index (χ1n) is 5.46. The van der Waals surface area contributed by atoms with Crippen molar-refractivity contribution in [1.82, 2.24) is 0 Å². The molecular formula is C15H10S. The third-order valence-corrected chi connectivity index (χ3v) is 4.47. The molecule has 0 saturated heterocycles. The van der Waals surface area contributed by atoms with Crippen molar-refractivity contribution in [2.75, 3.05) is 0 Å². The first-order valence-corrected chi connectivity index (χ1v) is 6.27. The van der Waals surface area contributed by atoms with Gasteiger partial charge in [0.25, 0.3) is 0 Å². The average molecular weight is 222 g/mol. The van der Waals surface area contributed by atoms with E-state index in [1.54, 1.807) is 0 Å². The van der Waals surface area contributed by atoms with Crippen LogP contribution in [0.5, 0.6) is 0 Å². The second-order valence-corrected chi connectivity index (χ2v) is 5.52. The van der Waals surface area contributed by atoms with Gasteiger partial charge in [0, 0.05) is 11.3 Å². The zero-order valence-electron chi connectivity index (χ0n) is 8.79. The third kappa shape index (κ3) is 0.921. The van der Waals surface area contributed by atoms with E-state index in [4.69, 9.17) is 0 Å². The Hall–Kier alpha value is -1.47. The molecule has 16 heavy (non-hydrogen) atoms. The van der Waals surface area contributed by atoms with Crippen LogP contribution in [0, 0.1) is 0 Å². The van der Waals surface area contributed by atoms with Crippen molar-refractivity contribution in [3.05, 3.63) is 59.0 Å². The van der Waals surface area contributed by atoms with Crippen LogP contribution in [0.2, 0.25) is 0 Å². The van der Waals surface area contributed by atoms with E-state index >= 15 is 0 Å². The van der Waals surface area contributed by atoms with Gasteiger partial charge in [-0.05, 0) is 32.4 Å². The zero-order chi connectivity index (χ0) is 10.7. The predicted octanol–water partition coefficient (Wildman–Crippen LogP) is 4.67. The quantitative estimate of drug-likeness (QED) is 0.624. The summed E-state index contributed by atoms with van der Waals surface area (Å²) < 4.78 is 0. The van der Waals surface area contributed by atoms with Crippen LogP contribution in [-0.4, -0.2) is 0 Å². The van der Waals surface area contributed by atoms with Crippen molar-refractivity contribution in [3.8, 4) is 0 Å². The SMILES string of the molecule is C=C1CC2=C(S1)c1cccc3cccc2c13. The van der Waals surface area contributed by atoms with Crippen LogP contribution < -0.4 is 0 Å². The van der Waals surface area contributed by atoms with Crippen LogP contribution in [0.1, 0.15) is 17.5 Å². The molecule has 0 spiro atoms. The van der Waals surface area contributed by atoms with Gasteiger partial charge in [0.2, 0.25) is 0 Å². The number of benzene rings is 2. The maximum absolute atomic E-state index is 4.09. The molecule has 1 aliphatic carbocycles. The van der Waals surface area contributed by atoms with Crippen molar-refractivity contribution in [1.29, 1.82) is 0 Å². The molecule has 76 valence electrons. The van der Waals surface area contributed by atoms with E-state index in [0.717, 1.165) is 6.42 Å². The van der Waals surface area contributed by atoms with Gasteiger partial charge in [-0.1, -0.05) is 54.7 Å². The van der Waals surface area contributed by atoms with Gasteiger partial charge in [-0.3, -0.25) is 0 Å². The van der Waals surface area contributed by atoms with Crippen LogP contribution >= 0.6 is 11.8 Å². The summed E-state index contributed by atoms with van der Waals surface area (Å²) in [5, 5.41) is 2.80. The van der Waals surface area contributed by atoms with Crippen molar-refractivity contribution in [2.24, 2.45) is 0 Å². The van der Waals surface area contributed by atoms with E-state index in [0.29, 0.717) is 0 Å². The normalized spacial score (nSPS) is 17.4. The molecule has 2 aliphatic rings. The van der Waals surface area contributed by atoms with E-state index in [2.05, 4.69) is 43.0 Å². The number of hydrogen-bond acceptors (Lipinski definition) is 1. The third-order valence-electron chi connectivity index (χ3n) is 3.37. The number of thioether (sulfide) groups is 1. The zero-order valence-corrected chi connectivity index (χ0v) is 9.60. The first kappa shape index (κ1) is 8.66. The van der Waals surface area contributed by atoms with Crippen LogP contribution in [0.4, 0.5) is 0 Å². The summed E-state index contributed by atoms with van der Waals surface area (Å²) in [6.45, 7) is 4.09. The lowest BCUT2D eigenvalue weighted by Gasteiger charge is -2.06. The van der Waals surface area contributed by atoms with Crippen LogP contribution in [0.25, 0.3) is 21.3 Å². The van der Waals surface area contributed by atoms with Crippen molar-refractivity contribution in [2.45, 2.75) is 6.42 Å². The standard InChI is InChI=1S/C15H10S/c1-9-8-13-11-6-2-4-10-5-3-7-12(14(10)11)15(13)16-9/h2-7H,1,8H2. The monoisotopic (exact) mass is 222 g/mol. The number of rotatable bonds is 0. The van der Waals surface area contributed by atoms with Crippen LogP contribution in [0.15, 0.2) is 47.9 Å². The summed E-state index contributed by atoms with van der Waals surface area (Å²) in [6.07, 6.45) is 1.04. The Balaban J connectivity index is 2.16. The van der Waals surface area contributed by atoms with Gasteiger partial charge in [0.15, 0.2) is 0 Å². The Morgan fingerprint density at radius 1 is 1.00 bits per heavy atom. The lowest BCUT2D eigenvalue weighted by atomic mass is 10.0. The van der Waals surface area contributed by atoms with E-state index in [-0.39, 0.29) is 0 Å². The highest BCUT2D eigenvalue weighted by atomic mass is 32.2. The molecule has 0 atom stereocenters. The summed E-state index contributed by atoms with van der Waals surface area (Å²) in [5.74, 6) is 0.